The first-order valence-electron chi connectivity index (χ1n) is 10.2. The second kappa shape index (κ2) is 7.89. The number of furan rings is 2. The Morgan fingerprint density at radius 3 is 2.72 bits per heavy atom. The largest absolute Gasteiger partial charge is 0.469 e. The number of hydrogen-bond acceptors (Lipinski definition) is 6. The highest BCUT2D eigenvalue weighted by molar-refractivity contribution is 5.90. The number of nitrogens with zero attached hydrogens (tertiary/aromatic N) is 3. The molecule has 1 atom stereocenters. The summed E-state index contributed by atoms with van der Waals surface area (Å²) in [6.07, 6.45) is 3.98. The number of rotatable bonds is 5. The van der Waals surface area contributed by atoms with Gasteiger partial charge in [-0.05, 0) is 52.7 Å². The molecule has 1 saturated heterocycles. The lowest BCUT2D eigenvalue weighted by Crippen LogP contribution is -2.44. The third-order valence-electron chi connectivity index (χ3n) is 5.76. The maximum absolute atomic E-state index is 12.7. The highest BCUT2D eigenvalue weighted by Gasteiger charge is 2.28. The zero-order chi connectivity index (χ0) is 20.5. The number of piperidine rings is 1. The van der Waals surface area contributed by atoms with Crippen molar-refractivity contribution in [2.24, 2.45) is 5.92 Å². The second-order valence-electron chi connectivity index (χ2n) is 8.01. The lowest BCUT2D eigenvalue weighted by atomic mass is 9.95. The normalized spacial score (nSPS) is 16.3. The first-order chi connectivity index (χ1) is 13.9. The fourth-order valence-corrected chi connectivity index (χ4v) is 4.06. The summed E-state index contributed by atoms with van der Waals surface area (Å²) in [5, 5.41) is 4.12. The Morgan fingerprint density at radius 1 is 1.28 bits per heavy atom. The van der Waals surface area contributed by atoms with Crippen molar-refractivity contribution in [3.63, 3.8) is 0 Å². The molecule has 29 heavy (non-hydrogen) atoms. The van der Waals surface area contributed by atoms with Crippen molar-refractivity contribution in [1.29, 1.82) is 0 Å². The van der Waals surface area contributed by atoms with Crippen LogP contribution in [0.3, 0.4) is 0 Å². The summed E-state index contributed by atoms with van der Waals surface area (Å²) in [4.78, 5) is 24.1. The smallest absolute Gasteiger partial charge is 0.231 e. The SMILES string of the molecule is Cc1nc(N2CCC(C(=O)N[C@@H](C)Cc3ccco3)CC2)c2c(C)c(C)oc2n1. The summed E-state index contributed by atoms with van der Waals surface area (Å²) in [5.41, 5.74) is 1.73. The Bertz CT molecular complexity index is 1000. The number of carbonyl (C=O) groups is 1. The number of hydrogen-bond donors (Lipinski definition) is 1. The molecule has 0 saturated carbocycles. The summed E-state index contributed by atoms with van der Waals surface area (Å²) < 4.78 is 11.2. The van der Waals surface area contributed by atoms with Crippen LogP contribution in [0.25, 0.3) is 11.1 Å². The van der Waals surface area contributed by atoms with E-state index in [2.05, 4.69) is 15.2 Å². The number of aryl methyl sites for hydroxylation is 3. The molecule has 7 nitrogen and oxygen atoms in total. The van der Waals surface area contributed by atoms with Gasteiger partial charge in [0, 0.05) is 37.0 Å². The summed E-state index contributed by atoms with van der Waals surface area (Å²) in [6.45, 7) is 9.48. The monoisotopic (exact) mass is 396 g/mol. The first-order valence-corrected chi connectivity index (χ1v) is 10.2. The van der Waals surface area contributed by atoms with Crippen LogP contribution in [0.5, 0.6) is 0 Å². The molecule has 0 spiro atoms. The quantitative estimate of drug-likeness (QED) is 0.708. The van der Waals surface area contributed by atoms with E-state index in [4.69, 9.17) is 13.8 Å². The van der Waals surface area contributed by atoms with Gasteiger partial charge in [0.05, 0.1) is 11.6 Å². The fourth-order valence-electron chi connectivity index (χ4n) is 4.06. The van der Waals surface area contributed by atoms with Crippen LogP contribution in [0.4, 0.5) is 5.82 Å². The van der Waals surface area contributed by atoms with E-state index in [-0.39, 0.29) is 17.9 Å². The molecule has 1 amide bonds. The second-order valence-corrected chi connectivity index (χ2v) is 8.01. The Labute approximate surface area is 170 Å². The molecule has 4 rings (SSSR count). The van der Waals surface area contributed by atoms with Gasteiger partial charge < -0.3 is 19.1 Å². The van der Waals surface area contributed by atoms with Crippen LogP contribution in [-0.2, 0) is 11.2 Å². The van der Waals surface area contributed by atoms with E-state index in [1.165, 1.54) is 0 Å². The number of nitrogens with one attached hydrogen (secondary N) is 1. The topological polar surface area (TPSA) is 84.4 Å². The van der Waals surface area contributed by atoms with Crippen LogP contribution in [0.1, 0.15) is 42.7 Å². The highest BCUT2D eigenvalue weighted by atomic mass is 16.3. The van der Waals surface area contributed by atoms with Gasteiger partial charge in [0.1, 0.15) is 23.2 Å². The first kappa shape index (κ1) is 19.5. The minimum absolute atomic E-state index is 0.0240. The predicted octanol–water partition coefficient (Wildman–Crippen LogP) is 3.70. The van der Waals surface area contributed by atoms with Crippen LogP contribution in [0, 0.1) is 26.7 Å². The van der Waals surface area contributed by atoms with Crippen molar-refractivity contribution in [3.8, 4) is 0 Å². The minimum Gasteiger partial charge on any atom is -0.469 e. The Balaban J connectivity index is 1.41. The molecular formula is C22H28N4O3. The van der Waals surface area contributed by atoms with Crippen molar-refractivity contribution < 1.29 is 13.6 Å². The molecule has 1 aliphatic heterocycles. The molecule has 3 aromatic rings. The number of aromatic nitrogens is 2. The van der Waals surface area contributed by atoms with E-state index in [0.717, 1.165) is 54.2 Å². The van der Waals surface area contributed by atoms with E-state index in [1.807, 2.05) is 39.8 Å². The standard InChI is InChI=1S/C22H28N4O3/c1-13(12-18-6-5-11-28-18)23-21(27)17-7-9-26(10-8-17)20-19-14(2)15(3)29-22(19)25-16(4)24-20/h5-6,11,13,17H,7-10,12H2,1-4H3,(H,23,27)/t13-/m0/s1. The van der Waals surface area contributed by atoms with Crippen LogP contribution < -0.4 is 10.2 Å². The van der Waals surface area contributed by atoms with Gasteiger partial charge in [-0.25, -0.2) is 4.98 Å². The lowest BCUT2D eigenvalue weighted by molar-refractivity contribution is -0.126. The van der Waals surface area contributed by atoms with Crippen molar-refractivity contribution in [3.05, 3.63) is 41.3 Å². The van der Waals surface area contributed by atoms with E-state index in [9.17, 15) is 4.79 Å². The molecule has 1 aliphatic rings. The van der Waals surface area contributed by atoms with Gasteiger partial charge in [-0.2, -0.15) is 4.98 Å². The average Bonchev–Trinajstić information content (AvgIpc) is 3.29. The lowest BCUT2D eigenvalue weighted by Gasteiger charge is -2.33. The van der Waals surface area contributed by atoms with Crippen LogP contribution in [-0.4, -0.2) is 35.0 Å². The maximum Gasteiger partial charge on any atom is 0.231 e. The van der Waals surface area contributed by atoms with Gasteiger partial charge in [0.15, 0.2) is 0 Å². The number of amides is 1. The average molecular weight is 396 g/mol. The van der Waals surface area contributed by atoms with Crippen molar-refractivity contribution >= 4 is 22.8 Å². The summed E-state index contributed by atoms with van der Waals surface area (Å²) in [5.74, 6) is 3.54. The molecule has 154 valence electrons. The molecule has 1 fully saturated rings. The number of carbonyl (C=O) groups excluding carboxylic acids is 1. The van der Waals surface area contributed by atoms with E-state index >= 15 is 0 Å². The molecule has 0 radical (unpaired) electrons. The maximum atomic E-state index is 12.7. The highest BCUT2D eigenvalue weighted by Crippen LogP contribution is 2.33. The molecule has 7 heteroatoms. The van der Waals surface area contributed by atoms with Gasteiger partial charge in [0.25, 0.3) is 0 Å². The van der Waals surface area contributed by atoms with Gasteiger partial charge >= 0.3 is 0 Å². The number of anilines is 1. The summed E-state index contributed by atoms with van der Waals surface area (Å²) >= 11 is 0. The predicted molar refractivity (Wildman–Crippen MR) is 111 cm³/mol. The Kier molecular flexibility index (Phi) is 5.30. The minimum atomic E-state index is 0.0240. The molecule has 0 bridgehead atoms. The van der Waals surface area contributed by atoms with Crippen molar-refractivity contribution in [1.82, 2.24) is 15.3 Å². The molecule has 3 aromatic heterocycles. The van der Waals surface area contributed by atoms with Gasteiger partial charge in [-0.3, -0.25) is 4.79 Å². The molecule has 0 aromatic carbocycles. The zero-order valence-corrected chi connectivity index (χ0v) is 17.5. The Hall–Kier alpha value is -2.83. The molecule has 0 aliphatic carbocycles. The van der Waals surface area contributed by atoms with Gasteiger partial charge in [-0.15, -0.1) is 0 Å². The van der Waals surface area contributed by atoms with E-state index < -0.39 is 0 Å². The number of fused-ring (bicyclic) bond motifs is 1. The molecule has 4 heterocycles. The van der Waals surface area contributed by atoms with Crippen molar-refractivity contribution in [2.45, 2.75) is 53.0 Å². The third-order valence-corrected chi connectivity index (χ3v) is 5.76. The van der Waals surface area contributed by atoms with Gasteiger partial charge in [-0.1, -0.05) is 0 Å². The molecule has 1 N–H and O–H groups in total. The fraction of sp³-hybridized carbons (Fsp3) is 0.500. The third kappa shape index (κ3) is 3.99. The van der Waals surface area contributed by atoms with Gasteiger partial charge in [0.2, 0.25) is 11.6 Å². The van der Waals surface area contributed by atoms with Crippen LogP contribution in [0.2, 0.25) is 0 Å². The summed E-state index contributed by atoms with van der Waals surface area (Å²) in [6, 6.07) is 3.85. The van der Waals surface area contributed by atoms with E-state index in [0.29, 0.717) is 18.0 Å². The van der Waals surface area contributed by atoms with Crippen LogP contribution in [0.15, 0.2) is 27.2 Å². The summed E-state index contributed by atoms with van der Waals surface area (Å²) in [7, 11) is 0. The Morgan fingerprint density at radius 2 is 2.03 bits per heavy atom. The zero-order valence-electron chi connectivity index (χ0n) is 17.5. The molecular weight excluding hydrogens is 368 g/mol. The molecule has 0 unspecified atom stereocenters. The van der Waals surface area contributed by atoms with Crippen molar-refractivity contribution in [2.75, 3.05) is 18.0 Å². The van der Waals surface area contributed by atoms with E-state index in [1.54, 1.807) is 6.26 Å². The van der Waals surface area contributed by atoms with Crippen LogP contribution >= 0.6 is 0 Å².